The van der Waals surface area contributed by atoms with Gasteiger partial charge in [-0.15, -0.1) is 0 Å². The summed E-state index contributed by atoms with van der Waals surface area (Å²) >= 11 is 0. The minimum Gasteiger partial charge on any atom is -0.463 e. The van der Waals surface area contributed by atoms with Gasteiger partial charge in [-0.2, -0.15) is 0 Å². The average molecular weight is 469 g/mol. The minimum atomic E-state index is -1.12. The van der Waals surface area contributed by atoms with Crippen LogP contribution in [0.5, 0.6) is 0 Å². The van der Waals surface area contributed by atoms with E-state index in [1.165, 1.54) is 11.1 Å². The van der Waals surface area contributed by atoms with Crippen LogP contribution in [-0.4, -0.2) is 58.9 Å². The van der Waals surface area contributed by atoms with Crippen molar-refractivity contribution >= 4 is 11.9 Å². The molecule has 2 rings (SSSR count). The lowest BCUT2D eigenvalue weighted by Crippen LogP contribution is -2.38. The summed E-state index contributed by atoms with van der Waals surface area (Å²) < 4.78 is 4.86. The second-order valence-corrected chi connectivity index (χ2v) is 8.23. The molecule has 0 heterocycles. The highest BCUT2D eigenvalue weighted by atomic mass is 16.5. The van der Waals surface area contributed by atoms with Gasteiger partial charge in [0.25, 0.3) is 0 Å². The topological polar surface area (TPSA) is 99.1 Å². The van der Waals surface area contributed by atoms with E-state index in [0.717, 1.165) is 19.2 Å². The van der Waals surface area contributed by atoms with E-state index in [4.69, 9.17) is 4.74 Å². The number of carbonyl (C=O) groups excluding carboxylic acids is 2. The van der Waals surface area contributed by atoms with Crippen molar-refractivity contribution in [2.75, 3.05) is 19.7 Å². The monoisotopic (exact) mass is 468 g/mol. The molecule has 0 aliphatic carbocycles. The molecule has 0 spiro atoms. The summed E-state index contributed by atoms with van der Waals surface area (Å²) in [6.45, 7) is 5.80. The SMILES string of the molecule is C=CC(=O)OCCCC(O)CCNC(=O)C(O)CCN(Cc1ccccc1)Cc1ccccc1. The van der Waals surface area contributed by atoms with Gasteiger partial charge in [0.1, 0.15) is 6.10 Å². The van der Waals surface area contributed by atoms with Gasteiger partial charge in [0.05, 0.1) is 12.7 Å². The number of hydrogen-bond donors (Lipinski definition) is 3. The van der Waals surface area contributed by atoms with Crippen LogP contribution in [-0.2, 0) is 27.4 Å². The fourth-order valence-electron chi connectivity index (χ4n) is 3.51. The molecular weight excluding hydrogens is 432 g/mol. The third kappa shape index (κ3) is 11.2. The zero-order chi connectivity index (χ0) is 24.6. The number of benzene rings is 2. The summed E-state index contributed by atoms with van der Waals surface area (Å²) in [5, 5.41) is 23.0. The van der Waals surface area contributed by atoms with Crippen molar-refractivity contribution < 1.29 is 24.5 Å². The molecule has 1 amide bonds. The first-order valence-electron chi connectivity index (χ1n) is 11.7. The van der Waals surface area contributed by atoms with Crippen molar-refractivity contribution in [1.29, 1.82) is 0 Å². The van der Waals surface area contributed by atoms with E-state index in [0.29, 0.717) is 32.2 Å². The summed E-state index contributed by atoms with van der Waals surface area (Å²) in [4.78, 5) is 25.5. The van der Waals surface area contributed by atoms with Gasteiger partial charge in [-0.05, 0) is 36.8 Å². The highest BCUT2D eigenvalue weighted by molar-refractivity contribution is 5.81. The van der Waals surface area contributed by atoms with Crippen LogP contribution in [0.25, 0.3) is 0 Å². The van der Waals surface area contributed by atoms with Crippen molar-refractivity contribution in [3.63, 3.8) is 0 Å². The molecule has 2 aromatic carbocycles. The number of hydrogen-bond acceptors (Lipinski definition) is 6. The van der Waals surface area contributed by atoms with Crippen molar-refractivity contribution in [3.8, 4) is 0 Å². The van der Waals surface area contributed by atoms with E-state index in [9.17, 15) is 19.8 Å². The Kier molecular flexibility index (Phi) is 12.6. The number of aliphatic hydroxyl groups is 2. The van der Waals surface area contributed by atoms with Crippen molar-refractivity contribution in [2.24, 2.45) is 0 Å². The maximum absolute atomic E-state index is 12.3. The quantitative estimate of drug-likeness (QED) is 0.199. The van der Waals surface area contributed by atoms with Gasteiger partial charge in [0.2, 0.25) is 5.91 Å². The standard InChI is InChI=1S/C27H36N2O5/c1-2-26(32)34-19-9-14-24(30)15-17-28-27(33)25(31)16-18-29(20-22-10-5-3-6-11-22)21-23-12-7-4-8-13-23/h2-8,10-13,24-25,30-31H,1,9,14-21H2,(H,28,33). The molecular formula is C27H36N2O5. The first kappa shape index (κ1) is 27.2. The molecule has 7 heteroatoms. The summed E-state index contributed by atoms with van der Waals surface area (Å²) in [5.74, 6) is -0.923. The Hall–Kier alpha value is -3.00. The highest BCUT2D eigenvalue weighted by Crippen LogP contribution is 2.11. The van der Waals surface area contributed by atoms with Crippen LogP contribution in [0.3, 0.4) is 0 Å². The van der Waals surface area contributed by atoms with Crippen molar-refractivity contribution in [2.45, 2.75) is 51.0 Å². The molecule has 0 aliphatic rings. The Balaban J connectivity index is 1.72. The van der Waals surface area contributed by atoms with Gasteiger partial charge in [0, 0.05) is 32.3 Å². The third-order valence-corrected chi connectivity index (χ3v) is 5.39. The van der Waals surface area contributed by atoms with Crippen molar-refractivity contribution in [1.82, 2.24) is 10.2 Å². The van der Waals surface area contributed by atoms with Gasteiger partial charge in [-0.25, -0.2) is 4.79 Å². The second-order valence-electron chi connectivity index (χ2n) is 8.23. The smallest absolute Gasteiger partial charge is 0.330 e. The molecule has 0 radical (unpaired) electrons. The maximum atomic E-state index is 12.3. The van der Waals surface area contributed by atoms with Crippen molar-refractivity contribution in [3.05, 3.63) is 84.4 Å². The molecule has 34 heavy (non-hydrogen) atoms. The van der Waals surface area contributed by atoms with Gasteiger partial charge >= 0.3 is 5.97 Å². The number of rotatable bonds is 16. The summed E-state index contributed by atoms with van der Waals surface area (Å²) in [5.41, 5.74) is 2.34. The Morgan fingerprint density at radius 1 is 0.941 bits per heavy atom. The third-order valence-electron chi connectivity index (χ3n) is 5.39. The number of nitrogens with one attached hydrogen (secondary N) is 1. The largest absolute Gasteiger partial charge is 0.463 e. The van der Waals surface area contributed by atoms with E-state index in [2.05, 4.69) is 41.1 Å². The normalized spacial score (nSPS) is 12.7. The van der Waals surface area contributed by atoms with Crippen LogP contribution in [0.2, 0.25) is 0 Å². The Labute approximate surface area is 202 Å². The van der Waals surface area contributed by atoms with Crippen LogP contribution in [0, 0.1) is 0 Å². The molecule has 0 aromatic heterocycles. The predicted octanol–water partition coefficient (Wildman–Crippen LogP) is 2.82. The number of esters is 1. The lowest BCUT2D eigenvalue weighted by atomic mass is 10.1. The van der Waals surface area contributed by atoms with Gasteiger partial charge in [-0.1, -0.05) is 67.2 Å². The molecule has 0 saturated heterocycles. The Morgan fingerprint density at radius 2 is 1.53 bits per heavy atom. The summed E-state index contributed by atoms with van der Waals surface area (Å²) in [6, 6.07) is 20.2. The van der Waals surface area contributed by atoms with E-state index in [-0.39, 0.29) is 13.2 Å². The molecule has 184 valence electrons. The molecule has 2 aromatic rings. The molecule has 7 nitrogen and oxygen atoms in total. The Bertz CT molecular complexity index is 818. The fourth-order valence-corrected chi connectivity index (χ4v) is 3.51. The second kappa shape index (κ2) is 15.8. The average Bonchev–Trinajstić information content (AvgIpc) is 2.86. The van der Waals surface area contributed by atoms with Gasteiger partial charge in [0.15, 0.2) is 0 Å². The maximum Gasteiger partial charge on any atom is 0.330 e. The Morgan fingerprint density at radius 3 is 2.09 bits per heavy atom. The van der Waals surface area contributed by atoms with Crippen LogP contribution >= 0.6 is 0 Å². The zero-order valence-corrected chi connectivity index (χ0v) is 19.6. The van der Waals surface area contributed by atoms with E-state index in [1.54, 1.807) is 0 Å². The van der Waals surface area contributed by atoms with Crippen LogP contribution < -0.4 is 5.32 Å². The zero-order valence-electron chi connectivity index (χ0n) is 19.6. The van der Waals surface area contributed by atoms with Gasteiger partial charge < -0.3 is 20.3 Å². The predicted molar refractivity (Wildman–Crippen MR) is 132 cm³/mol. The molecule has 2 atom stereocenters. The lowest BCUT2D eigenvalue weighted by molar-refractivity contribution is -0.138. The van der Waals surface area contributed by atoms with Crippen LogP contribution in [0.15, 0.2) is 73.3 Å². The van der Waals surface area contributed by atoms with Crippen LogP contribution in [0.1, 0.15) is 36.8 Å². The number of carbonyl (C=O) groups is 2. The lowest BCUT2D eigenvalue weighted by Gasteiger charge is -2.24. The highest BCUT2D eigenvalue weighted by Gasteiger charge is 2.17. The molecule has 0 aliphatic heterocycles. The number of amides is 1. The number of ether oxygens (including phenoxy) is 1. The first-order valence-corrected chi connectivity index (χ1v) is 11.7. The fraction of sp³-hybridized carbons (Fsp3) is 0.407. The molecule has 3 N–H and O–H groups in total. The molecule has 0 saturated carbocycles. The minimum absolute atomic E-state index is 0.218. The number of nitrogens with zero attached hydrogens (tertiary/aromatic N) is 1. The molecule has 2 unspecified atom stereocenters. The summed E-state index contributed by atoms with van der Waals surface area (Å²) in [6.07, 6.45) is 1.01. The van der Waals surface area contributed by atoms with E-state index < -0.39 is 24.1 Å². The molecule has 0 bridgehead atoms. The number of aliphatic hydroxyl groups excluding tert-OH is 2. The van der Waals surface area contributed by atoms with E-state index >= 15 is 0 Å². The van der Waals surface area contributed by atoms with Crippen LogP contribution in [0.4, 0.5) is 0 Å². The molecule has 0 fully saturated rings. The first-order chi connectivity index (χ1) is 16.5. The van der Waals surface area contributed by atoms with E-state index in [1.807, 2.05) is 36.4 Å². The summed E-state index contributed by atoms with van der Waals surface area (Å²) in [7, 11) is 0. The van der Waals surface area contributed by atoms with Gasteiger partial charge in [-0.3, -0.25) is 9.69 Å².